The van der Waals surface area contributed by atoms with Crippen molar-refractivity contribution in [1.82, 2.24) is 9.97 Å². The lowest BCUT2D eigenvalue weighted by Crippen LogP contribution is -2.14. The molecule has 0 bridgehead atoms. The van der Waals surface area contributed by atoms with E-state index in [9.17, 15) is 4.79 Å². The Labute approximate surface area is 213 Å². The molecular weight excluding hydrogens is 446 g/mol. The first kappa shape index (κ1) is 23.9. The van der Waals surface area contributed by atoms with E-state index < -0.39 is 0 Å². The Morgan fingerprint density at radius 2 is 1.72 bits per heavy atom. The normalized spacial score (nSPS) is 16.5. The number of nitrogens with zero attached hydrogens (tertiary/aromatic N) is 1. The molecule has 1 aliphatic rings. The van der Waals surface area contributed by atoms with Crippen molar-refractivity contribution in [1.29, 1.82) is 0 Å². The molecular formula is C31H33N3O2. The van der Waals surface area contributed by atoms with Gasteiger partial charge >= 0.3 is 0 Å². The van der Waals surface area contributed by atoms with Crippen LogP contribution in [0.1, 0.15) is 49.8 Å². The van der Waals surface area contributed by atoms with Crippen LogP contribution in [-0.2, 0) is 11.2 Å². The van der Waals surface area contributed by atoms with Crippen LogP contribution in [0.3, 0.4) is 0 Å². The number of imidazole rings is 1. The van der Waals surface area contributed by atoms with E-state index in [1.165, 1.54) is 24.8 Å². The number of ether oxygens (including phenoxy) is 1. The molecule has 5 nitrogen and oxygen atoms in total. The molecule has 3 aromatic carbocycles. The number of H-pyrrole nitrogens is 1. The monoisotopic (exact) mass is 479 g/mol. The largest absolute Gasteiger partial charge is 0.497 e. The first-order valence-electron chi connectivity index (χ1n) is 12.9. The molecule has 4 aromatic rings. The van der Waals surface area contributed by atoms with Gasteiger partial charge in [-0.2, -0.15) is 0 Å². The Hall–Kier alpha value is -3.86. The molecule has 1 saturated carbocycles. The SMILES string of the molecule is CCCCCc1ccc(NC(=O)[C@H]2C[C@@H]2c2[nH]c(-c3ccccc3)nc2-c2ccc(OC)cc2)cc1. The van der Waals surface area contributed by atoms with Gasteiger partial charge in [-0.1, -0.05) is 62.2 Å². The summed E-state index contributed by atoms with van der Waals surface area (Å²) in [6.45, 7) is 2.22. The number of aromatic amines is 1. The number of benzene rings is 3. The molecule has 5 heteroatoms. The molecule has 1 fully saturated rings. The van der Waals surface area contributed by atoms with Crippen LogP contribution in [0.2, 0.25) is 0 Å². The van der Waals surface area contributed by atoms with Crippen molar-refractivity contribution in [3.8, 4) is 28.4 Å². The van der Waals surface area contributed by atoms with E-state index in [1.807, 2.05) is 66.7 Å². The number of hydrogen-bond donors (Lipinski definition) is 2. The second kappa shape index (κ2) is 10.8. The Bertz CT molecular complexity index is 1290. The number of methoxy groups -OCH3 is 1. The molecule has 1 heterocycles. The summed E-state index contributed by atoms with van der Waals surface area (Å²) in [6, 6.07) is 26.3. The standard InChI is InChI=1S/C31H33N3O2/c1-3-4-6-9-21-12-16-24(17-13-21)32-31(35)27-20-26(27)29-28(22-14-18-25(36-2)19-15-22)33-30(34-29)23-10-7-5-8-11-23/h5,7-8,10-19,26-27H,3-4,6,9,20H2,1-2H3,(H,32,35)(H,33,34)/t26-,27-/m0/s1. The van der Waals surface area contributed by atoms with Crippen molar-refractivity contribution in [2.75, 3.05) is 12.4 Å². The molecule has 0 unspecified atom stereocenters. The van der Waals surface area contributed by atoms with Gasteiger partial charge < -0.3 is 15.0 Å². The quantitative estimate of drug-likeness (QED) is 0.236. The Morgan fingerprint density at radius 3 is 2.42 bits per heavy atom. The number of hydrogen-bond acceptors (Lipinski definition) is 3. The van der Waals surface area contributed by atoms with Gasteiger partial charge in [0.05, 0.1) is 12.8 Å². The molecule has 0 saturated heterocycles. The summed E-state index contributed by atoms with van der Waals surface area (Å²) in [6.07, 6.45) is 5.57. The van der Waals surface area contributed by atoms with Crippen LogP contribution in [-0.4, -0.2) is 23.0 Å². The Balaban J connectivity index is 1.33. The number of amides is 1. The second-order valence-electron chi connectivity index (χ2n) is 9.53. The molecule has 184 valence electrons. The number of anilines is 1. The van der Waals surface area contributed by atoms with E-state index in [0.717, 1.165) is 52.6 Å². The fourth-order valence-electron chi connectivity index (χ4n) is 4.73. The molecule has 5 rings (SSSR count). The zero-order valence-corrected chi connectivity index (χ0v) is 21.0. The molecule has 1 amide bonds. The van der Waals surface area contributed by atoms with Gasteiger partial charge in [0.2, 0.25) is 5.91 Å². The van der Waals surface area contributed by atoms with E-state index in [0.29, 0.717) is 0 Å². The van der Waals surface area contributed by atoms with Crippen molar-refractivity contribution in [3.63, 3.8) is 0 Å². The minimum atomic E-state index is -0.0738. The predicted octanol–water partition coefficient (Wildman–Crippen LogP) is 7.23. The van der Waals surface area contributed by atoms with E-state index >= 15 is 0 Å². The van der Waals surface area contributed by atoms with Crippen LogP contribution in [0.4, 0.5) is 5.69 Å². The molecule has 1 aromatic heterocycles. The van der Waals surface area contributed by atoms with E-state index in [1.54, 1.807) is 7.11 Å². The maximum Gasteiger partial charge on any atom is 0.228 e. The summed E-state index contributed by atoms with van der Waals surface area (Å²) >= 11 is 0. The number of nitrogens with one attached hydrogen (secondary N) is 2. The zero-order valence-electron chi connectivity index (χ0n) is 21.0. The molecule has 1 aliphatic carbocycles. The predicted molar refractivity (Wildman–Crippen MR) is 145 cm³/mol. The highest BCUT2D eigenvalue weighted by atomic mass is 16.5. The summed E-state index contributed by atoms with van der Waals surface area (Å²) in [5.41, 5.74) is 6.13. The lowest BCUT2D eigenvalue weighted by molar-refractivity contribution is -0.117. The Kier molecular flexibility index (Phi) is 7.17. The third kappa shape index (κ3) is 5.35. The highest BCUT2D eigenvalue weighted by Gasteiger charge is 2.46. The van der Waals surface area contributed by atoms with E-state index in [2.05, 4.69) is 29.4 Å². The molecule has 36 heavy (non-hydrogen) atoms. The van der Waals surface area contributed by atoms with Crippen LogP contribution in [0.5, 0.6) is 5.75 Å². The van der Waals surface area contributed by atoms with Crippen LogP contribution in [0.15, 0.2) is 78.9 Å². The third-order valence-electron chi connectivity index (χ3n) is 6.93. The number of carbonyl (C=O) groups is 1. The van der Waals surface area contributed by atoms with E-state index in [-0.39, 0.29) is 17.7 Å². The van der Waals surface area contributed by atoms with Gasteiger partial charge in [0.15, 0.2) is 0 Å². The maximum atomic E-state index is 13.1. The van der Waals surface area contributed by atoms with Crippen LogP contribution in [0.25, 0.3) is 22.6 Å². The lowest BCUT2D eigenvalue weighted by Gasteiger charge is -2.07. The topological polar surface area (TPSA) is 67.0 Å². The van der Waals surface area contributed by atoms with Gasteiger partial charge in [-0.15, -0.1) is 0 Å². The van der Waals surface area contributed by atoms with Gasteiger partial charge in [0.1, 0.15) is 11.6 Å². The highest BCUT2D eigenvalue weighted by molar-refractivity contribution is 5.95. The number of unbranched alkanes of at least 4 members (excludes halogenated alkanes) is 2. The summed E-state index contributed by atoms with van der Waals surface area (Å²) in [5, 5.41) is 3.12. The van der Waals surface area contributed by atoms with Gasteiger partial charge in [0, 0.05) is 34.3 Å². The van der Waals surface area contributed by atoms with Crippen molar-refractivity contribution in [3.05, 3.63) is 90.1 Å². The second-order valence-corrected chi connectivity index (χ2v) is 9.53. The van der Waals surface area contributed by atoms with Gasteiger partial charge in [-0.25, -0.2) is 4.98 Å². The van der Waals surface area contributed by atoms with Crippen LogP contribution >= 0.6 is 0 Å². The molecule has 2 N–H and O–H groups in total. The van der Waals surface area contributed by atoms with Crippen molar-refractivity contribution < 1.29 is 9.53 Å². The first-order valence-corrected chi connectivity index (χ1v) is 12.9. The average Bonchev–Trinajstić information content (AvgIpc) is 3.61. The molecule has 0 aliphatic heterocycles. The van der Waals surface area contributed by atoms with Gasteiger partial charge in [-0.3, -0.25) is 4.79 Å². The number of rotatable bonds is 10. The van der Waals surface area contributed by atoms with Crippen molar-refractivity contribution in [2.45, 2.75) is 44.9 Å². The molecule has 0 spiro atoms. The first-order chi connectivity index (χ1) is 17.7. The minimum absolute atomic E-state index is 0.0651. The highest BCUT2D eigenvalue weighted by Crippen LogP contribution is 2.50. The summed E-state index contributed by atoms with van der Waals surface area (Å²) in [7, 11) is 1.66. The molecule has 2 atom stereocenters. The smallest absolute Gasteiger partial charge is 0.228 e. The fourth-order valence-corrected chi connectivity index (χ4v) is 4.73. The number of carbonyl (C=O) groups excluding carboxylic acids is 1. The maximum absolute atomic E-state index is 13.1. The fraction of sp³-hybridized carbons (Fsp3) is 0.290. The zero-order chi connectivity index (χ0) is 24.9. The van der Waals surface area contributed by atoms with Crippen molar-refractivity contribution in [2.24, 2.45) is 5.92 Å². The average molecular weight is 480 g/mol. The van der Waals surface area contributed by atoms with E-state index in [4.69, 9.17) is 9.72 Å². The minimum Gasteiger partial charge on any atom is -0.497 e. The lowest BCUT2D eigenvalue weighted by atomic mass is 10.1. The number of aryl methyl sites for hydroxylation is 1. The third-order valence-corrected chi connectivity index (χ3v) is 6.93. The molecule has 0 radical (unpaired) electrons. The number of aromatic nitrogens is 2. The van der Waals surface area contributed by atoms with Gasteiger partial charge in [-0.05, 0) is 61.2 Å². The van der Waals surface area contributed by atoms with Crippen LogP contribution in [0, 0.1) is 5.92 Å². The van der Waals surface area contributed by atoms with Gasteiger partial charge in [0.25, 0.3) is 0 Å². The van der Waals surface area contributed by atoms with Crippen molar-refractivity contribution >= 4 is 11.6 Å². The summed E-state index contributed by atoms with van der Waals surface area (Å²) < 4.78 is 5.33. The Morgan fingerprint density at radius 1 is 0.972 bits per heavy atom. The summed E-state index contributed by atoms with van der Waals surface area (Å²) in [5.74, 6) is 1.73. The van der Waals surface area contributed by atoms with Crippen LogP contribution < -0.4 is 10.1 Å². The summed E-state index contributed by atoms with van der Waals surface area (Å²) in [4.78, 5) is 21.6.